The van der Waals surface area contributed by atoms with Crippen LogP contribution in [-0.4, -0.2) is 28.1 Å². The first kappa shape index (κ1) is 21.8. The molecule has 0 radical (unpaired) electrons. The minimum Gasteiger partial charge on any atom is -0.497 e. The average molecular weight is 471 g/mol. The number of amides is 1. The first-order valence-electron chi connectivity index (χ1n) is 10.8. The minimum atomic E-state index is -0.0856. The van der Waals surface area contributed by atoms with Crippen LogP contribution in [0.5, 0.6) is 5.75 Å². The standard InChI is InChI=1S/C26H22N4O3S/c1-17-7-3-5-9-21(17)30(26-27-20-8-4-6-10-22(20)34-26)24(31)16-15-23-28-25(29-33-23)18-11-13-19(32-2)14-12-18/h3-14H,15-16H2,1-2H3. The number of rotatable bonds is 7. The van der Waals surface area contributed by atoms with Crippen molar-refractivity contribution in [3.8, 4) is 17.1 Å². The molecule has 1 amide bonds. The van der Waals surface area contributed by atoms with E-state index >= 15 is 0 Å². The van der Waals surface area contributed by atoms with Gasteiger partial charge in [0.15, 0.2) is 5.13 Å². The first-order valence-corrected chi connectivity index (χ1v) is 11.6. The Hall–Kier alpha value is -4.04. The molecular weight excluding hydrogens is 448 g/mol. The van der Waals surface area contributed by atoms with Crippen molar-refractivity contribution in [3.05, 3.63) is 84.3 Å². The number of carbonyl (C=O) groups is 1. The summed E-state index contributed by atoms with van der Waals surface area (Å²) in [4.78, 5) is 24.4. The van der Waals surface area contributed by atoms with Crippen molar-refractivity contribution < 1.29 is 14.1 Å². The number of para-hydroxylation sites is 2. The van der Waals surface area contributed by atoms with E-state index in [1.165, 1.54) is 11.3 Å². The summed E-state index contributed by atoms with van der Waals surface area (Å²) in [5.41, 5.74) is 3.50. The van der Waals surface area contributed by atoms with Crippen LogP contribution >= 0.6 is 11.3 Å². The van der Waals surface area contributed by atoms with Gasteiger partial charge in [-0.1, -0.05) is 46.8 Å². The Labute approximate surface area is 200 Å². The van der Waals surface area contributed by atoms with Crippen LogP contribution in [0.3, 0.4) is 0 Å². The zero-order valence-electron chi connectivity index (χ0n) is 18.8. The van der Waals surface area contributed by atoms with Gasteiger partial charge in [-0.2, -0.15) is 4.98 Å². The second kappa shape index (κ2) is 9.44. The molecule has 34 heavy (non-hydrogen) atoms. The van der Waals surface area contributed by atoms with Crippen LogP contribution in [0, 0.1) is 6.92 Å². The van der Waals surface area contributed by atoms with E-state index in [1.807, 2.05) is 79.7 Å². The third-order valence-corrected chi connectivity index (χ3v) is 6.47. The van der Waals surface area contributed by atoms with Crippen LogP contribution in [0.4, 0.5) is 10.8 Å². The highest BCUT2D eigenvalue weighted by Crippen LogP contribution is 2.35. The summed E-state index contributed by atoms with van der Waals surface area (Å²) in [5, 5.41) is 4.71. The quantitative estimate of drug-likeness (QED) is 0.292. The first-order chi connectivity index (χ1) is 16.6. The number of carbonyl (C=O) groups excluding carboxylic acids is 1. The lowest BCUT2D eigenvalue weighted by atomic mass is 10.1. The molecule has 5 rings (SSSR count). The van der Waals surface area contributed by atoms with Crippen LogP contribution in [0.1, 0.15) is 17.9 Å². The summed E-state index contributed by atoms with van der Waals surface area (Å²) in [6.45, 7) is 1.99. The SMILES string of the molecule is COc1ccc(-c2noc(CCC(=O)N(c3nc4ccccc4s3)c3ccccc3C)n2)cc1. The molecule has 7 nitrogen and oxygen atoms in total. The Morgan fingerprint density at radius 3 is 2.53 bits per heavy atom. The Morgan fingerprint density at radius 1 is 1.00 bits per heavy atom. The van der Waals surface area contributed by atoms with Crippen LogP contribution in [0.15, 0.2) is 77.3 Å². The molecule has 0 saturated heterocycles. The van der Waals surface area contributed by atoms with Gasteiger partial charge in [0.2, 0.25) is 17.6 Å². The third kappa shape index (κ3) is 4.40. The smallest absolute Gasteiger partial charge is 0.233 e. The second-order valence-corrected chi connectivity index (χ2v) is 8.73. The number of nitrogens with zero attached hydrogens (tertiary/aromatic N) is 4. The third-order valence-electron chi connectivity index (χ3n) is 5.45. The van der Waals surface area contributed by atoms with E-state index in [0.29, 0.717) is 23.3 Å². The van der Waals surface area contributed by atoms with Gasteiger partial charge in [0.25, 0.3) is 0 Å². The molecule has 5 aromatic rings. The zero-order valence-corrected chi connectivity index (χ0v) is 19.6. The van der Waals surface area contributed by atoms with Gasteiger partial charge in [0.05, 0.1) is 23.0 Å². The number of hydrogen-bond acceptors (Lipinski definition) is 7. The van der Waals surface area contributed by atoms with Crippen LogP contribution in [0.25, 0.3) is 21.6 Å². The highest BCUT2D eigenvalue weighted by molar-refractivity contribution is 7.22. The number of methoxy groups -OCH3 is 1. The predicted molar refractivity (Wildman–Crippen MR) is 133 cm³/mol. The second-order valence-electron chi connectivity index (χ2n) is 7.72. The maximum Gasteiger partial charge on any atom is 0.233 e. The van der Waals surface area contributed by atoms with Crippen molar-refractivity contribution in [2.75, 3.05) is 12.0 Å². The number of aromatic nitrogens is 3. The summed E-state index contributed by atoms with van der Waals surface area (Å²) in [6.07, 6.45) is 0.532. The normalized spacial score (nSPS) is 11.0. The number of thiazole rings is 1. The fourth-order valence-electron chi connectivity index (χ4n) is 3.65. The maximum atomic E-state index is 13.5. The Morgan fingerprint density at radius 2 is 1.76 bits per heavy atom. The maximum absolute atomic E-state index is 13.5. The molecule has 0 spiro atoms. The summed E-state index contributed by atoms with van der Waals surface area (Å²) in [7, 11) is 1.62. The number of ether oxygens (including phenoxy) is 1. The summed E-state index contributed by atoms with van der Waals surface area (Å²) < 4.78 is 11.6. The minimum absolute atomic E-state index is 0.0856. The number of hydrogen-bond donors (Lipinski definition) is 0. The lowest BCUT2D eigenvalue weighted by Crippen LogP contribution is -2.26. The average Bonchev–Trinajstić information content (AvgIpc) is 3.51. The fourth-order valence-corrected chi connectivity index (χ4v) is 4.65. The molecule has 8 heteroatoms. The lowest BCUT2D eigenvalue weighted by molar-refractivity contribution is -0.118. The van der Waals surface area contributed by atoms with Crippen LogP contribution in [0.2, 0.25) is 0 Å². The van der Waals surface area contributed by atoms with Gasteiger partial charge in [0.1, 0.15) is 5.75 Å². The van der Waals surface area contributed by atoms with Crippen molar-refractivity contribution >= 4 is 38.3 Å². The summed E-state index contributed by atoms with van der Waals surface area (Å²) >= 11 is 1.50. The fraction of sp³-hybridized carbons (Fsp3) is 0.154. The lowest BCUT2D eigenvalue weighted by Gasteiger charge is -2.21. The topological polar surface area (TPSA) is 81.4 Å². The van der Waals surface area contributed by atoms with E-state index in [1.54, 1.807) is 12.0 Å². The molecule has 2 aromatic heterocycles. The molecule has 0 N–H and O–H groups in total. The van der Waals surface area contributed by atoms with Gasteiger partial charge in [-0.05, 0) is 55.0 Å². The van der Waals surface area contributed by atoms with E-state index in [-0.39, 0.29) is 12.3 Å². The molecule has 0 aliphatic heterocycles. The van der Waals surface area contributed by atoms with Gasteiger partial charge in [-0.15, -0.1) is 0 Å². The van der Waals surface area contributed by atoms with Gasteiger partial charge < -0.3 is 9.26 Å². The van der Waals surface area contributed by atoms with Crippen molar-refractivity contribution in [1.29, 1.82) is 0 Å². The monoisotopic (exact) mass is 470 g/mol. The number of benzene rings is 3. The molecule has 170 valence electrons. The largest absolute Gasteiger partial charge is 0.497 e. The summed E-state index contributed by atoms with van der Waals surface area (Å²) in [6, 6.07) is 23.1. The van der Waals surface area contributed by atoms with E-state index in [4.69, 9.17) is 14.2 Å². The van der Waals surface area contributed by atoms with Gasteiger partial charge in [-0.3, -0.25) is 9.69 Å². The Bertz CT molecular complexity index is 1410. The molecule has 0 bridgehead atoms. The van der Waals surface area contributed by atoms with Crippen molar-refractivity contribution in [2.45, 2.75) is 19.8 Å². The van der Waals surface area contributed by atoms with Gasteiger partial charge in [-0.25, -0.2) is 4.98 Å². The van der Waals surface area contributed by atoms with Crippen molar-refractivity contribution in [1.82, 2.24) is 15.1 Å². The summed E-state index contributed by atoms with van der Waals surface area (Å²) in [5.74, 6) is 1.56. The number of anilines is 2. The molecule has 0 atom stereocenters. The molecule has 3 aromatic carbocycles. The predicted octanol–water partition coefficient (Wildman–Crippen LogP) is 5.96. The Kier molecular flexibility index (Phi) is 6.05. The van der Waals surface area contributed by atoms with E-state index < -0.39 is 0 Å². The van der Waals surface area contributed by atoms with Gasteiger partial charge in [0, 0.05) is 18.4 Å². The van der Waals surface area contributed by atoms with Crippen LogP contribution < -0.4 is 9.64 Å². The molecule has 0 aliphatic rings. The zero-order chi connectivity index (χ0) is 23.5. The van der Waals surface area contributed by atoms with Gasteiger partial charge >= 0.3 is 0 Å². The molecule has 0 aliphatic carbocycles. The highest BCUT2D eigenvalue weighted by Gasteiger charge is 2.24. The molecule has 0 unspecified atom stereocenters. The number of aryl methyl sites for hydroxylation is 2. The van der Waals surface area contributed by atoms with E-state index in [9.17, 15) is 4.79 Å². The number of fused-ring (bicyclic) bond motifs is 1. The molecule has 2 heterocycles. The van der Waals surface area contributed by atoms with E-state index in [2.05, 4.69) is 10.1 Å². The Balaban J connectivity index is 1.38. The van der Waals surface area contributed by atoms with Crippen LogP contribution in [-0.2, 0) is 11.2 Å². The van der Waals surface area contributed by atoms with E-state index in [0.717, 1.165) is 32.8 Å². The molecule has 0 saturated carbocycles. The van der Waals surface area contributed by atoms with Crippen molar-refractivity contribution in [3.63, 3.8) is 0 Å². The highest BCUT2D eigenvalue weighted by atomic mass is 32.1. The van der Waals surface area contributed by atoms with Crippen molar-refractivity contribution in [2.24, 2.45) is 0 Å². The molecule has 0 fully saturated rings. The molecular formula is C26H22N4O3S.